The number of hydrogen-bond acceptors (Lipinski definition) is 5. The minimum Gasteiger partial charge on any atom is -0.468 e. The highest BCUT2D eigenvalue weighted by atomic mass is 16.5. The molecule has 3 atom stereocenters. The van der Waals surface area contributed by atoms with E-state index < -0.39 is 0 Å². The van der Waals surface area contributed by atoms with Gasteiger partial charge in [0.1, 0.15) is 6.04 Å². The van der Waals surface area contributed by atoms with Crippen LogP contribution in [0.25, 0.3) is 0 Å². The maximum Gasteiger partial charge on any atom is 0.324 e. The molecule has 5 nitrogen and oxygen atoms in total. The predicted molar refractivity (Wildman–Crippen MR) is 77.7 cm³/mol. The number of esters is 1. The van der Waals surface area contributed by atoms with Crippen molar-refractivity contribution in [3.8, 4) is 0 Å². The van der Waals surface area contributed by atoms with Gasteiger partial charge in [-0.15, -0.1) is 0 Å². The monoisotopic (exact) mass is 284 g/mol. The molecule has 0 bridgehead atoms. The molecule has 1 aliphatic heterocycles. The lowest BCUT2D eigenvalue weighted by Gasteiger charge is -2.44. The number of morpholine rings is 1. The fourth-order valence-electron chi connectivity index (χ4n) is 3.32. The SMILES string of the molecule is CCCNC(CN1CCOC2CCCCC21)C(=O)OC. The molecular formula is C15H28N2O3. The van der Waals surface area contributed by atoms with Gasteiger partial charge in [-0.1, -0.05) is 19.8 Å². The van der Waals surface area contributed by atoms with Crippen LogP contribution in [0.2, 0.25) is 0 Å². The molecule has 0 aromatic rings. The molecule has 0 radical (unpaired) electrons. The Hall–Kier alpha value is -0.650. The van der Waals surface area contributed by atoms with Crippen molar-refractivity contribution in [2.24, 2.45) is 0 Å². The van der Waals surface area contributed by atoms with Gasteiger partial charge >= 0.3 is 5.97 Å². The van der Waals surface area contributed by atoms with Crippen LogP contribution in [0.4, 0.5) is 0 Å². The Balaban J connectivity index is 1.94. The van der Waals surface area contributed by atoms with Crippen LogP contribution < -0.4 is 5.32 Å². The van der Waals surface area contributed by atoms with Gasteiger partial charge in [-0.05, 0) is 25.8 Å². The number of hydrogen-bond donors (Lipinski definition) is 1. The molecule has 0 amide bonds. The van der Waals surface area contributed by atoms with E-state index in [4.69, 9.17) is 9.47 Å². The Bertz CT molecular complexity index is 309. The Morgan fingerprint density at radius 2 is 2.25 bits per heavy atom. The van der Waals surface area contributed by atoms with Crippen molar-refractivity contribution in [1.82, 2.24) is 10.2 Å². The summed E-state index contributed by atoms with van der Waals surface area (Å²) < 4.78 is 10.8. The predicted octanol–water partition coefficient (Wildman–Crippen LogP) is 1.17. The lowest BCUT2D eigenvalue weighted by Crippen LogP contribution is -2.57. The number of methoxy groups -OCH3 is 1. The van der Waals surface area contributed by atoms with Crippen LogP contribution in [-0.2, 0) is 14.3 Å². The summed E-state index contributed by atoms with van der Waals surface area (Å²) in [7, 11) is 1.46. The summed E-state index contributed by atoms with van der Waals surface area (Å²) >= 11 is 0. The topological polar surface area (TPSA) is 50.8 Å². The zero-order valence-corrected chi connectivity index (χ0v) is 12.8. The van der Waals surface area contributed by atoms with Gasteiger partial charge in [-0.25, -0.2) is 0 Å². The van der Waals surface area contributed by atoms with Crippen LogP contribution >= 0.6 is 0 Å². The first-order valence-electron chi connectivity index (χ1n) is 7.93. The van der Waals surface area contributed by atoms with E-state index in [0.717, 1.165) is 39.1 Å². The minimum absolute atomic E-state index is 0.155. The largest absolute Gasteiger partial charge is 0.468 e. The summed E-state index contributed by atoms with van der Waals surface area (Å²) in [5.41, 5.74) is 0. The summed E-state index contributed by atoms with van der Waals surface area (Å²) in [5.74, 6) is -0.155. The standard InChI is InChI=1S/C15H28N2O3/c1-3-8-16-12(15(18)19-2)11-17-9-10-20-14-7-5-4-6-13(14)17/h12-14,16H,3-11H2,1-2H3. The van der Waals surface area contributed by atoms with E-state index in [0.29, 0.717) is 12.1 Å². The zero-order valence-electron chi connectivity index (χ0n) is 12.8. The van der Waals surface area contributed by atoms with Crippen LogP contribution in [0.1, 0.15) is 39.0 Å². The van der Waals surface area contributed by atoms with Crippen molar-refractivity contribution in [1.29, 1.82) is 0 Å². The van der Waals surface area contributed by atoms with Crippen LogP contribution in [0, 0.1) is 0 Å². The zero-order chi connectivity index (χ0) is 14.4. The van der Waals surface area contributed by atoms with Gasteiger partial charge in [0.25, 0.3) is 0 Å². The van der Waals surface area contributed by atoms with Gasteiger partial charge in [0, 0.05) is 19.1 Å². The second-order valence-electron chi connectivity index (χ2n) is 5.79. The second-order valence-corrected chi connectivity index (χ2v) is 5.79. The van der Waals surface area contributed by atoms with Crippen molar-refractivity contribution in [2.45, 2.75) is 57.2 Å². The first-order chi connectivity index (χ1) is 9.76. The third-order valence-corrected chi connectivity index (χ3v) is 4.39. The maximum atomic E-state index is 11.9. The Morgan fingerprint density at radius 3 is 3.00 bits per heavy atom. The summed E-state index contributed by atoms with van der Waals surface area (Å²) in [6, 6.07) is 0.258. The van der Waals surface area contributed by atoms with Gasteiger partial charge in [0.15, 0.2) is 0 Å². The minimum atomic E-state index is -0.222. The van der Waals surface area contributed by atoms with Gasteiger partial charge in [0.2, 0.25) is 0 Å². The first-order valence-corrected chi connectivity index (χ1v) is 7.93. The van der Waals surface area contributed by atoms with Crippen molar-refractivity contribution < 1.29 is 14.3 Å². The number of carbonyl (C=O) groups is 1. The summed E-state index contributed by atoms with van der Waals surface area (Å²) in [4.78, 5) is 14.3. The van der Waals surface area contributed by atoms with Gasteiger partial charge in [-0.3, -0.25) is 9.69 Å². The molecule has 20 heavy (non-hydrogen) atoms. The molecule has 0 spiro atoms. The highest BCUT2D eigenvalue weighted by Gasteiger charge is 2.36. The molecule has 3 unspecified atom stereocenters. The molecule has 1 saturated heterocycles. The molecule has 116 valence electrons. The highest BCUT2D eigenvalue weighted by Crippen LogP contribution is 2.28. The third-order valence-electron chi connectivity index (χ3n) is 4.39. The van der Waals surface area contributed by atoms with Crippen molar-refractivity contribution in [2.75, 3.05) is 33.4 Å². The van der Waals surface area contributed by atoms with E-state index in [-0.39, 0.29) is 12.0 Å². The van der Waals surface area contributed by atoms with Crippen LogP contribution in [-0.4, -0.2) is 62.4 Å². The second kappa shape index (κ2) is 7.96. The lowest BCUT2D eigenvalue weighted by molar-refractivity contribution is -0.145. The maximum absolute atomic E-state index is 11.9. The molecule has 1 saturated carbocycles. The highest BCUT2D eigenvalue weighted by molar-refractivity contribution is 5.75. The molecule has 2 rings (SSSR count). The first kappa shape index (κ1) is 15.7. The third kappa shape index (κ3) is 3.93. The Labute approximate surface area is 122 Å². The van der Waals surface area contributed by atoms with Gasteiger partial charge < -0.3 is 14.8 Å². The van der Waals surface area contributed by atoms with Gasteiger partial charge in [0.05, 0.1) is 19.8 Å². The number of carbonyl (C=O) groups excluding carboxylic acids is 1. The fourth-order valence-corrected chi connectivity index (χ4v) is 3.32. The van der Waals surface area contributed by atoms with E-state index in [2.05, 4.69) is 17.1 Å². The molecule has 5 heteroatoms. The van der Waals surface area contributed by atoms with Crippen molar-refractivity contribution in [3.05, 3.63) is 0 Å². The molecule has 2 fully saturated rings. The van der Waals surface area contributed by atoms with E-state index in [1.807, 2.05) is 0 Å². The molecule has 1 heterocycles. The normalized spacial score (nSPS) is 28.7. The summed E-state index contributed by atoms with van der Waals surface area (Å²) in [6.07, 6.45) is 6.26. The van der Waals surface area contributed by atoms with E-state index in [1.54, 1.807) is 0 Å². The number of fused-ring (bicyclic) bond motifs is 1. The fraction of sp³-hybridized carbons (Fsp3) is 0.933. The average molecular weight is 284 g/mol. The average Bonchev–Trinajstić information content (AvgIpc) is 2.50. The van der Waals surface area contributed by atoms with E-state index in [9.17, 15) is 4.79 Å². The number of rotatable bonds is 6. The molecule has 1 N–H and O–H groups in total. The number of nitrogens with one attached hydrogen (secondary N) is 1. The smallest absolute Gasteiger partial charge is 0.324 e. The van der Waals surface area contributed by atoms with Crippen LogP contribution in [0.15, 0.2) is 0 Å². The van der Waals surface area contributed by atoms with E-state index >= 15 is 0 Å². The van der Waals surface area contributed by atoms with Crippen molar-refractivity contribution in [3.63, 3.8) is 0 Å². The molecule has 0 aromatic carbocycles. The van der Waals surface area contributed by atoms with E-state index in [1.165, 1.54) is 26.4 Å². The molecule has 0 aromatic heterocycles. The number of ether oxygens (including phenoxy) is 2. The summed E-state index contributed by atoms with van der Waals surface area (Å²) in [5, 5.41) is 3.31. The number of nitrogens with zero attached hydrogens (tertiary/aromatic N) is 1. The lowest BCUT2D eigenvalue weighted by atomic mass is 9.90. The van der Waals surface area contributed by atoms with Crippen LogP contribution in [0.3, 0.4) is 0 Å². The quantitative estimate of drug-likeness (QED) is 0.742. The molecular weight excluding hydrogens is 256 g/mol. The van der Waals surface area contributed by atoms with Crippen molar-refractivity contribution >= 4 is 5.97 Å². The van der Waals surface area contributed by atoms with Gasteiger partial charge in [-0.2, -0.15) is 0 Å². The summed E-state index contributed by atoms with van der Waals surface area (Å²) in [6.45, 7) is 5.38. The van der Waals surface area contributed by atoms with Crippen LogP contribution in [0.5, 0.6) is 0 Å². The Kier molecular flexibility index (Phi) is 6.26. The Morgan fingerprint density at radius 1 is 1.45 bits per heavy atom. The molecule has 1 aliphatic carbocycles. The molecule has 2 aliphatic rings.